The zero-order valence-corrected chi connectivity index (χ0v) is 16.7. The lowest BCUT2D eigenvalue weighted by molar-refractivity contribution is 0.400. The fourth-order valence-corrected chi connectivity index (χ4v) is 3.96. The number of anilines is 1. The van der Waals surface area contributed by atoms with Gasteiger partial charge < -0.3 is 4.74 Å². The highest BCUT2D eigenvalue weighted by atomic mass is 32.2. The fraction of sp³-hybridized carbons (Fsp3) is 0.0500. The van der Waals surface area contributed by atoms with E-state index in [9.17, 15) is 17.2 Å². The number of ether oxygens (including phenoxy) is 1. The van der Waals surface area contributed by atoms with E-state index < -0.39 is 26.6 Å². The molecular weight excluding hydrogens is 428 g/mol. The van der Waals surface area contributed by atoms with E-state index in [0.29, 0.717) is 28.5 Å². The van der Waals surface area contributed by atoms with Crippen molar-refractivity contribution in [2.45, 2.75) is 4.90 Å². The number of aromatic nitrogens is 4. The molecule has 0 aliphatic heterocycles. The maximum absolute atomic E-state index is 14.0. The van der Waals surface area contributed by atoms with Crippen molar-refractivity contribution in [1.29, 1.82) is 0 Å². The first-order chi connectivity index (χ1) is 14.8. The molecule has 0 radical (unpaired) electrons. The summed E-state index contributed by atoms with van der Waals surface area (Å²) in [6.07, 6.45) is 10.0. The van der Waals surface area contributed by atoms with Crippen LogP contribution >= 0.6 is 0 Å². The maximum Gasteiger partial charge on any atom is 0.264 e. The van der Waals surface area contributed by atoms with Crippen LogP contribution in [-0.2, 0) is 10.0 Å². The van der Waals surface area contributed by atoms with E-state index in [4.69, 9.17) is 11.2 Å². The summed E-state index contributed by atoms with van der Waals surface area (Å²) in [5.74, 6) is 0.301. The summed E-state index contributed by atoms with van der Waals surface area (Å²) in [5.41, 5.74) is 1.73. The molecule has 4 aromatic rings. The summed E-state index contributed by atoms with van der Waals surface area (Å²) in [5, 5.41) is 4.09. The number of hydrogen-bond acceptors (Lipinski definition) is 6. The van der Waals surface area contributed by atoms with Gasteiger partial charge in [-0.15, -0.1) is 6.42 Å². The molecule has 0 saturated carbocycles. The molecule has 0 atom stereocenters. The third-order valence-corrected chi connectivity index (χ3v) is 5.69. The van der Waals surface area contributed by atoms with Crippen LogP contribution in [0.4, 0.5) is 14.5 Å². The number of nitrogens with one attached hydrogen (secondary N) is 1. The van der Waals surface area contributed by atoms with Gasteiger partial charge in [0.05, 0.1) is 24.6 Å². The molecular formula is C20H13F2N5O3S. The van der Waals surface area contributed by atoms with Crippen LogP contribution in [0, 0.1) is 24.0 Å². The lowest BCUT2D eigenvalue weighted by Crippen LogP contribution is -2.16. The number of hydrogen-bond donors (Lipinski definition) is 1. The summed E-state index contributed by atoms with van der Waals surface area (Å²) in [7, 11) is -3.10. The molecule has 0 aliphatic carbocycles. The number of halogens is 2. The van der Waals surface area contributed by atoms with E-state index in [0.717, 1.165) is 12.1 Å². The van der Waals surface area contributed by atoms with Crippen LogP contribution in [-0.4, -0.2) is 35.1 Å². The normalized spacial score (nSPS) is 11.3. The Morgan fingerprint density at radius 2 is 2.00 bits per heavy atom. The van der Waals surface area contributed by atoms with Crippen molar-refractivity contribution in [2.24, 2.45) is 0 Å². The Morgan fingerprint density at radius 1 is 1.19 bits per heavy atom. The smallest absolute Gasteiger partial charge is 0.264 e. The molecule has 0 aliphatic rings. The van der Waals surface area contributed by atoms with Gasteiger partial charge in [-0.1, -0.05) is 5.92 Å². The third-order valence-electron chi connectivity index (χ3n) is 4.29. The van der Waals surface area contributed by atoms with Gasteiger partial charge in [0.15, 0.2) is 5.65 Å². The van der Waals surface area contributed by atoms with E-state index in [2.05, 4.69) is 25.7 Å². The van der Waals surface area contributed by atoms with Crippen LogP contribution in [0.15, 0.2) is 53.8 Å². The Bertz CT molecular complexity index is 1460. The molecule has 8 nitrogen and oxygen atoms in total. The predicted octanol–water partition coefficient (Wildman–Crippen LogP) is 2.86. The summed E-state index contributed by atoms with van der Waals surface area (Å²) in [6.45, 7) is 0. The summed E-state index contributed by atoms with van der Waals surface area (Å²) in [4.78, 5) is 7.82. The number of methoxy groups -OCH3 is 1. The van der Waals surface area contributed by atoms with Gasteiger partial charge in [-0.05, 0) is 24.3 Å². The van der Waals surface area contributed by atoms with Crippen LogP contribution in [0.25, 0.3) is 16.9 Å². The third kappa shape index (κ3) is 3.76. The van der Waals surface area contributed by atoms with Crippen LogP contribution < -0.4 is 9.46 Å². The average Bonchev–Trinajstić information content (AvgIpc) is 3.15. The summed E-state index contributed by atoms with van der Waals surface area (Å²) in [6, 6.07) is 5.22. The highest BCUT2D eigenvalue weighted by Gasteiger charge is 2.22. The Labute approximate surface area is 175 Å². The number of pyridine rings is 1. The second-order valence-electron chi connectivity index (χ2n) is 6.24. The van der Waals surface area contributed by atoms with Crippen molar-refractivity contribution in [2.75, 3.05) is 11.8 Å². The van der Waals surface area contributed by atoms with Crippen molar-refractivity contribution in [3.63, 3.8) is 0 Å². The van der Waals surface area contributed by atoms with Gasteiger partial charge in [-0.3, -0.25) is 4.72 Å². The van der Waals surface area contributed by atoms with Crippen molar-refractivity contribution >= 4 is 21.4 Å². The van der Waals surface area contributed by atoms with Gasteiger partial charge in [0.2, 0.25) is 5.88 Å². The molecule has 156 valence electrons. The minimum Gasteiger partial charge on any atom is -0.480 e. The van der Waals surface area contributed by atoms with Crippen molar-refractivity contribution in [3.05, 3.63) is 66.1 Å². The van der Waals surface area contributed by atoms with E-state index in [1.54, 1.807) is 12.3 Å². The van der Waals surface area contributed by atoms with Gasteiger partial charge in [-0.25, -0.2) is 31.7 Å². The molecule has 1 aromatic carbocycles. The number of benzene rings is 1. The molecule has 11 heteroatoms. The van der Waals surface area contributed by atoms with E-state index in [-0.39, 0.29) is 11.6 Å². The Balaban J connectivity index is 1.77. The molecule has 0 saturated heterocycles. The predicted molar refractivity (Wildman–Crippen MR) is 108 cm³/mol. The average molecular weight is 441 g/mol. The van der Waals surface area contributed by atoms with Gasteiger partial charge in [-0.2, -0.15) is 5.10 Å². The Kier molecular flexibility index (Phi) is 5.00. The lowest BCUT2D eigenvalue weighted by Gasteiger charge is -2.13. The first kappa shape index (κ1) is 20.2. The quantitative estimate of drug-likeness (QED) is 0.478. The first-order valence-corrected chi connectivity index (χ1v) is 10.1. The van der Waals surface area contributed by atoms with Crippen LogP contribution in [0.1, 0.15) is 5.56 Å². The Morgan fingerprint density at radius 3 is 2.71 bits per heavy atom. The first-order valence-electron chi connectivity index (χ1n) is 8.65. The van der Waals surface area contributed by atoms with E-state index in [1.807, 2.05) is 0 Å². The topological polar surface area (TPSA) is 98.5 Å². The summed E-state index contributed by atoms with van der Waals surface area (Å²) >= 11 is 0. The molecule has 0 unspecified atom stereocenters. The molecule has 4 rings (SSSR count). The molecule has 0 spiro atoms. The van der Waals surface area contributed by atoms with Crippen LogP contribution in [0.5, 0.6) is 5.88 Å². The minimum atomic E-state index is -4.40. The number of fused-ring (bicyclic) bond motifs is 1. The zero-order valence-electron chi connectivity index (χ0n) is 15.9. The van der Waals surface area contributed by atoms with Crippen molar-refractivity contribution < 1.29 is 21.9 Å². The molecule has 3 heterocycles. The van der Waals surface area contributed by atoms with Gasteiger partial charge in [0, 0.05) is 24.0 Å². The van der Waals surface area contributed by atoms with Crippen molar-refractivity contribution in [1.82, 2.24) is 19.6 Å². The second kappa shape index (κ2) is 7.66. The fourth-order valence-electron chi connectivity index (χ4n) is 2.85. The molecule has 31 heavy (non-hydrogen) atoms. The molecule has 3 aromatic heterocycles. The highest BCUT2D eigenvalue weighted by Crippen LogP contribution is 2.30. The van der Waals surface area contributed by atoms with Gasteiger partial charge >= 0.3 is 0 Å². The van der Waals surface area contributed by atoms with E-state index >= 15 is 0 Å². The highest BCUT2D eigenvalue weighted by molar-refractivity contribution is 7.92. The minimum absolute atomic E-state index is 0.0513. The van der Waals surface area contributed by atoms with Gasteiger partial charge in [0.1, 0.15) is 22.2 Å². The molecule has 0 bridgehead atoms. The summed E-state index contributed by atoms with van der Waals surface area (Å²) < 4.78 is 61.3. The largest absolute Gasteiger partial charge is 0.480 e. The SMILES string of the molecule is C#Cc1cnn2ccc(-c3cnc(OC)c(NS(=O)(=O)c4ccc(F)cc4F)c3)nc12. The van der Waals surface area contributed by atoms with Gasteiger partial charge in [0.25, 0.3) is 10.0 Å². The second-order valence-corrected chi connectivity index (χ2v) is 7.90. The molecule has 1 N–H and O–H groups in total. The standard InChI is InChI=1S/C20H13F2N5O3S/c1-3-12-11-24-27-7-6-16(25-19(12)27)13-8-17(20(30-2)23-10-13)26-31(28,29)18-5-4-14(21)9-15(18)22/h1,4-11,26H,2H3. The number of nitrogens with zero attached hydrogens (tertiary/aromatic N) is 4. The Hall–Kier alpha value is -4.04. The maximum atomic E-state index is 14.0. The monoisotopic (exact) mass is 441 g/mol. The molecule has 0 amide bonds. The molecule has 0 fully saturated rings. The van der Waals surface area contributed by atoms with Crippen molar-refractivity contribution in [3.8, 4) is 29.5 Å². The lowest BCUT2D eigenvalue weighted by atomic mass is 10.2. The van der Waals surface area contributed by atoms with Crippen LogP contribution in [0.3, 0.4) is 0 Å². The number of rotatable bonds is 5. The van der Waals surface area contributed by atoms with E-state index in [1.165, 1.54) is 30.1 Å². The number of terminal acetylenes is 1. The van der Waals surface area contributed by atoms with Crippen LogP contribution in [0.2, 0.25) is 0 Å². The number of sulfonamides is 1. The zero-order chi connectivity index (χ0) is 22.2.